The van der Waals surface area contributed by atoms with E-state index in [-0.39, 0.29) is 11.2 Å². The molecule has 0 amide bonds. The van der Waals surface area contributed by atoms with Gasteiger partial charge in [-0.05, 0) is 18.2 Å². The van der Waals surface area contributed by atoms with Gasteiger partial charge in [0.05, 0.1) is 10.0 Å². The van der Waals surface area contributed by atoms with Gasteiger partial charge in [0.15, 0.2) is 5.65 Å². The van der Waals surface area contributed by atoms with Crippen molar-refractivity contribution in [3.8, 4) is 11.4 Å². The van der Waals surface area contributed by atoms with Gasteiger partial charge >= 0.3 is 5.69 Å². The van der Waals surface area contributed by atoms with Crippen molar-refractivity contribution in [1.82, 2.24) is 19.5 Å². The van der Waals surface area contributed by atoms with Crippen molar-refractivity contribution in [2.24, 2.45) is 7.05 Å². The number of nitrogens with zero attached hydrogens (tertiary/aromatic N) is 2. The molecule has 0 aliphatic carbocycles. The number of hydrogen-bond acceptors (Lipinski definition) is 3. The summed E-state index contributed by atoms with van der Waals surface area (Å²) in [6.45, 7) is 0. The van der Waals surface area contributed by atoms with Gasteiger partial charge in [-0.3, -0.25) is 14.3 Å². The molecule has 20 heavy (non-hydrogen) atoms. The number of fused-ring (bicyclic) bond motifs is 1. The van der Waals surface area contributed by atoms with Gasteiger partial charge < -0.3 is 4.98 Å². The zero-order chi connectivity index (χ0) is 14.4. The molecule has 8 heteroatoms. The largest absolute Gasteiger partial charge is 0.332 e. The summed E-state index contributed by atoms with van der Waals surface area (Å²) < 4.78 is 1.26. The van der Waals surface area contributed by atoms with E-state index >= 15 is 0 Å². The number of aromatic amines is 2. The van der Waals surface area contributed by atoms with Gasteiger partial charge in [0.25, 0.3) is 5.56 Å². The van der Waals surface area contributed by atoms with Gasteiger partial charge in [-0.2, -0.15) is 0 Å². The Balaban J connectivity index is 2.31. The molecule has 0 saturated heterocycles. The molecule has 3 rings (SSSR count). The Labute approximate surface area is 122 Å². The molecule has 3 aromatic rings. The number of nitrogens with one attached hydrogen (secondary N) is 2. The molecular formula is C12H8Cl2N4O2. The third-order valence-corrected chi connectivity index (χ3v) is 3.69. The smallest absolute Gasteiger partial charge is 0.329 e. The van der Waals surface area contributed by atoms with Crippen LogP contribution in [0.4, 0.5) is 0 Å². The number of imidazole rings is 1. The van der Waals surface area contributed by atoms with Gasteiger partial charge in [0, 0.05) is 12.6 Å². The molecule has 2 heterocycles. The number of aryl methyl sites for hydroxylation is 1. The Hall–Kier alpha value is -2.05. The predicted octanol–water partition coefficient (Wildman–Crippen LogP) is 1.92. The van der Waals surface area contributed by atoms with Crippen molar-refractivity contribution < 1.29 is 0 Å². The molecule has 0 saturated carbocycles. The Bertz CT molecular complexity index is 939. The van der Waals surface area contributed by atoms with Crippen molar-refractivity contribution in [2.45, 2.75) is 0 Å². The first-order valence-electron chi connectivity index (χ1n) is 5.62. The molecule has 0 bridgehead atoms. The van der Waals surface area contributed by atoms with E-state index < -0.39 is 11.2 Å². The highest BCUT2D eigenvalue weighted by Crippen LogP contribution is 2.27. The van der Waals surface area contributed by atoms with Crippen molar-refractivity contribution in [2.75, 3.05) is 0 Å². The monoisotopic (exact) mass is 310 g/mol. The van der Waals surface area contributed by atoms with Crippen LogP contribution in [0.2, 0.25) is 10.0 Å². The maximum Gasteiger partial charge on any atom is 0.329 e. The normalized spacial score (nSPS) is 11.2. The van der Waals surface area contributed by atoms with Crippen LogP contribution in [0.5, 0.6) is 0 Å². The molecule has 0 spiro atoms. The highest BCUT2D eigenvalue weighted by atomic mass is 35.5. The zero-order valence-corrected chi connectivity index (χ0v) is 11.7. The molecule has 2 N–H and O–H groups in total. The predicted molar refractivity (Wildman–Crippen MR) is 77.4 cm³/mol. The zero-order valence-electron chi connectivity index (χ0n) is 10.2. The molecule has 2 aromatic heterocycles. The van der Waals surface area contributed by atoms with Gasteiger partial charge in [0.2, 0.25) is 0 Å². The number of hydrogen-bond donors (Lipinski definition) is 2. The summed E-state index contributed by atoms with van der Waals surface area (Å²) in [5.41, 5.74) is 0.145. The van der Waals surface area contributed by atoms with Gasteiger partial charge in [-0.15, -0.1) is 0 Å². The minimum atomic E-state index is -0.519. The summed E-state index contributed by atoms with van der Waals surface area (Å²) in [4.78, 5) is 32.6. The summed E-state index contributed by atoms with van der Waals surface area (Å²) in [7, 11) is 1.53. The third kappa shape index (κ3) is 1.93. The first kappa shape index (κ1) is 13.0. The molecule has 0 radical (unpaired) electrons. The second kappa shape index (κ2) is 4.50. The van der Waals surface area contributed by atoms with Crippen LogP contribution >= 0.6 is 23.2 Å². The lowest BCUT2D eigenvalue weighted by atomic mass is 10.2. The number of halogens is 2. The minimum absolute atomic E-state index is 0.230. The van der Waals surface area contributed by atoms with E-state index in [1.807, 2.05) is 0 Å². The standard InChI is InChI=1S/C12H8Cl2N4O2/c1-18-10-8(11(19)17-12(18)20)15-9(16-10)5-2-3-6(13)7(14)4-5/h2-4H,1H3,(H,15,16)(H,17,19,20). The Morgan fingerprint density at radius 1 is 1.15 bits per heavy atom. The Morgan fingerprint density at radius 2 is 1.90 bits per heavy atom. The number of aromatic nitrogens is 4. The molecule has 0 atom stereocenters. The van der Waals surface area contributed by atoms with E-state index in [0.29, 0.717) is 21.4 Å². The molecule has 0 fully saturated rings. The van der Waals surface area contributed by atoms with Gasteiger partial charge in [-0.25, -0.2) is 9.78 Å². The SMILES string of the molecule is Cn1c(=O)[nH]c(=O)c2[nH]c(-c3ccc(Cl)c(Cl)c3)nc21. The summed E-state index contributed by atoms with van der Waals surface area (Å²) in [5.74, 6) is 0.435. The van der Waals surface area contributed by atoms with E-state index in [1.165, 1.54) is 11.6 Å². The van der Waals surface area contributed by atoms with E-state index in [0.717, 1.165) is 0 Å². The minimum Gasteiger partial charge on any atom is -0.332 e. The lowest BCUT2D eigenvalue weighted by Crippen LogP contribution is -2.28. The maximum absolute atomic E-state index is 11.7. The van der Waals surface area contributed by atoms with Crippen molar-refractivity contribution >= 4 is 34.4 Å². The second-order valence-electron chi connectivity index (χ2n) is 4.23. The van der Waals surface area contributed by atoms with Crippen LogP contribution < -0.4 is 11.2 Å². The lowest BCUT2D eigenvalue weighted by molar-refractivity contribution is 0.832. The number of H-pyrrole nitrogens is 2. The number of benzene rings is 1. The quantitative estimate of drug-likeness (QED) is 0.720. The van der Waals surface area contributed by atoms with Crippen molar-refractivity contribution in [3.05, 3.63) is 49.1 Å². The Kier molecular flexibility index (Phi) is 2.92. The van der Waals surface area contributed by atoms with Crippen LogP contribution in [0.3, 0.4) is 0 Å². The fourth-order valence-corrected chi connectivity index (χ4v) is 2.18. The average Bonchev–Trinajstić information content (AvgIpc) is 2.85. The molecule has 102 valence electrons. The van der Waals surface area contributed by atoms with Crippen LogP contribution in [0, 0.1) is 0 Å². The van der Waals surface area contributed by atoms with Crippen molar-refractivity contribution in [1.29, 1.82) is 0 Å². The number of rotatable bonds is 1. The van der Waals surface area contributed by atoms with Crippen molar-refractivity contribution in [3.63, 3.8) is 0 Å². The third-order valence-electron chi connectivity index (χ3n) is 2.95. The fraction of sp³-hybridized carbons (Fsp3) is 0.0833. The van der Waals surface area contributed by atoms with Gasteiger partial charge in [-0.1, -0.05) is 23.2 Å². The van der Waals surface area contributed by atoms with Crippen LogP contribution in [0.25, 0.3) is 22.6 Å². The molecule has 6 nitrogen and oxygen atoms in total. The van der Waals surface area contributed by atoms with E-state index in [9.17, 15) is 9.59 Å². The topological polar surface area (TPSA) is 83.5 Å². The molecule has 0 aliphatic heterocycles. The molecule has 0 unspecified atom stereocenters. The van der Waals surface area contributed by atoms with Gasteiger partial charge in [0.1, 0.15) is 11.3 Å². The molecule has 0 aliphatic rings. The highest BCUT2D eigenvalue weighted by Gasteiger charge is 2.12. The summed E-state index contributed by atoms with van der Waals surface area (Å²) in [6.07, 6.45) is 0. The van der Waals surface area contributed by atoms with Crippen LogP contribution in [0.1, 0.15) is 0 Å². The Morgan fingerprint density at radius 3 is 2.60 bits per heavy atom. The summed E-state index contributed by atoms with van der Waals surface area (Å²) >= 11 is 11.8. The van der Waals surface area contributed by atoms with Crippen LogP contribution in [-0.4, -0.2) is 19.5 Å². The van der Waals surface area contributed by atoms with E-state index in [1.54, 1.807) is 18.2 Å². The maximum atomic E-state index is 11.7. The summed E-state index contributed by atoms with van der Waals surface area (Å²) in [5, 5.41) is 0.809. The summed E-state index contributed by atoms with van der Waals surface area (Å²) in [6, 6.07) is 4.99. The second-order valence-corrected chi connectivity index (χ2v) is 5.05. The average molecular weight is 311 g/mol. The molecular weight excluding hydrogens is 303 g/mol. The fourth-order valence-electron chi connectivity index (χ4n) is 1.88. The van der Waals surface area contributed by atoms with E-state index in [4.69, 9.17) is 23.2 Å². The highest BCUT2D eigenvalue weighted by molar-refractivity contribution is 6.42. The van der Waals surface area contributed by atoms with E-state index in [2.05, 4.69) is 15.0 Å². The first-order valence-corrected chi connectivity index (χ1v) is 6.37. The van der Waals surface area contributed by atoms with Crippen LogP contribution in [0.15, 0.2) is 27.8 Å². The van der Waals surface area contributed by atoms with Crippen LogP contribution in [-0.2, 0) is 7.05 Å². The first-order chi connectivity index (χ1) is 9.47. The lowest BCUT2D eigenvalue weighted by Gasteiger charge is -1.99. The molecule has 1 aromatic carbocycles.